The van der Waals surface area contributed by atoms with Gasteiger partial charge in [0, 0.05) is 18.7 Å². The van der Waals surface area contributed by atoms with Crippen LogP contribution in [0.5, 0.6) is 0 Å². The van der Waals surface area contributed by atoms with Gasteiger partial charge in [-0.2, -0.15) is 13.2 Å². The van der Waals surface area contributed by atoms with Crippen LogP contribution in [-0.2, 0) is 6.18 Å². The minimum Gasteiger partial charge on any atom is -0.370 e. The van der Waals surface area contributed by atoms with E-state index in [2.05, 4.69) is 6.92 Å². The van der Waals surface area contributed by atoms with Gasteiger partial charge in [-0.1, -0.05) is 36.2 Å². The molecular weight excluding hydrogens is 412 g/mol. The standard InChI is InChI=1S/C20H19Cl2F3N2O/c1-11-4-6-27(7-5-11)18-14(12-2-3-16(21)17(22)8-12)9-13(20(23,24)25)10-15(18)19(26)28/h2-3,8-11H,4-7H2,1H3,(H2,26,28). The van der Waals surface area contributed by atoms with Crippen molar-refractivity contribution in [2.75, 3.05) is 18.0 Å². The quantitative estimate of drug-likeness (QED) is 0.647. The van der Waals surface area contributed by atoms with Crippen LogP contribution in [0.15, 0.2) is 30.3 Å². The second-order valence-corrected chi connectivity index (χ2v) is 7.89. The smallest absolute Gasteiger partial charge is 0.370 e. The van der Waals surface area contributed by atoms with Crippen molar-refractivity contribution >= 4 is 34.8 Å². The van der Waals surface area contributed by atoms with E-state index in [1.54, 1.807) is 6.07 Å². The van der Waals surface area contributed by atoms with E-state index in [1.807, 2.05) is 4.90 Å². The van der Waals surface area contributed by atoms with Crippen molar-refractivity contribution in [3.05, 3.63) is 51.5 Å². The molecule has 3 rings (SSSR count). The van der Waals surface area contributed by atoms with E-state index in [9.17, 15) is 18.0 Å². The number of halogens is 5. The van der Waals surface area contributed by atoms with E-state index >= 15 is 0 Å². The van der Waals surface area contributed by atoms with Gasteiger partial charge < -0.3 is 10.6 Å². The highest BCUT2D eigenvalue weighted by Crippen LogP contribution is 2.42. The summed E-state index contributed by atoms with van der Waals surface area (Å²) < 4.78 is 40.4. The van der Waals surface area contributed by atoms with Crippen molar-refractivity contribution in [3.8, 4) is 11.1 Å². The number of benzene rings is 2. The van der Waals surface area contributed by atoms with E-state index in [0.717, 1.165) is 25.0 Å². The van der Waals surface area contributed by atoms with E-state index < -0.39 is 17.6 Å². The summed E-state index contributed by atoms with van der Waals surface area (Å²) in [5.74, 6) is -0.391. The summed E-state index contributed by atoms with van der Waals surface area (Å²) in [5, 5.41) is 0.510. The molecule has 0 aliphatic carbocycles. The minimum atomic E-state index is -4.62. The first-order valence-corrected chi connectivity index (χ1v) is 9.59. The van der Waals surface area contributed by atoms with Crippen LogP contribution in [0, 0.1) is 5.92 Å². The van der Waals surface area contributed by atoms with Gasteiger partial charge in [-0.15, -0.1) is 0 Å². The maximum Gasteiger partial charge on any atom is 0.416 e. The number of anilines is 1. The molecule has 2 aromatic carbocycles. The SMILES string of the molecule is CC1CCN(c2c(C(N)=O)cc(C(F)(F)F)cc2-c2ccc(Cl)c(Cl)c2)CC1. The number of hydrogen-bond donors (Lipinski definition) is 1. The largest absolute Gasteiger partial charge is 0.416 e. The number of nitrogens with zero attached hydrogens (tertiary/aromatic N) is 1. The average Bonchev–Trinajstić information content (AvgIpc) is 2.63. The minimum absolute atomic E-state index is 0.148. The summed E-state index contributed by atoms with van der Waals surface area (Å²) in [6, 6.07) is 6.48. The number of piperidine rings is 1. The Kier molecular flexibility index (Phi) is 5.82. The number of rotatable bonds is 3. The van der Waals surface area contributed by atoms with E-state index in [4.69, 9.17) is 28.9 Å². The van der Waals surface area contributed by atoms with Gasteiger partial charge in [-0.25, -0.2) is 0 Å². The molecule has 150 valence electrons. The lowest BCUT2D eigenvalue weighted by atomic mass is 9.92. The van der Waals surface area contributed by atoms with Gasteiger partial charge in [0.2, 0.25) is 0 Å². The maximum atomic E-state index is 13.5. The van der Waals surface area contributed by atoms with Crippen LogP contribution in [0.3, 0.4) is 0 Å². The molecule has 0 radical (unpaired) electrons. The van der Waals surface area contributed by atoms with Crippen molar-refractivity contribution in [1.82, 2.24) is 0 Å². The highest BCUT2D eigenvalue weighted by molar-refractivity contribution is 6.42. The monoisotopic (exact) mass is 430 g/mol. The van der Waals surface area contributed by atoms with Gasteiger partial charge in [-0.05, 0) is 48.6 Å². The third kappa shape index (κ3) is 4.23. The molecule has 1 aliphatic rings. The summed E-state index contributed by atoms with van der Waals surface area (Å²) >= 11 is 12.1. The molecule has 0 saturated carbocycles. The number of hydrogen-bond acceptors (Lipinski definition) is 2. The molecule has 1 aliphatic heterocycles. The van der Waals surface area contributed by atoms with Crippen molar-refractivity contribution < 1.29 is 18.0 Å². The first-order chi connectivity index (χ1) is 13.1. The van der Waals surface area contributed by atoms with Gasteiger partial charge in [0.1, 0.15) is 0 Å². The van der Waals surface area contributed by atoms with Gasteiger partial charge in [-0.3, -0.25) is 4.79 Å². The van der Waals surface area contributed by atoms with Crippen molar-refractivity contribution in [2.24, 2.45) is 11.7 Å². The number of primary amides is 1. The predicted molar refractivity (Wildman–Crippen MR) is 106 cm³/mol. The van der Waals surface area contributed by atoms with Crippen LogP contribution in [0.4, 0.5) is 18.9 Å². The van der Waals surface area contributed by atoms with Gasteiger partial charge in [0.15, 0.2) is 0 Å². The topological polar surface area (TPSA) is 46.3 Å². The lowest BCUT2D eigenvalue weighted by molar-refractivity contribution is -0.137. The van der Waals surface area contributed by atoms with Crippen molar-refractivity contribution in [2.45, 2.75) is 25.9 Å². The Balaban J connectivity index is 2.27. The number of amides is 1. The normalized spacial score (nSPS) is 15.7. The number of alkyl halides is 3. The molecule has 8 heteroatoms. The molecule has 2 N–H and O–H groups in total. The molecule has 0 spiro atoms. The molecule has 0 bridgehead atoms. The lowest BCUT2D eigenvalue weighted by Crippen LogP contribution is -2.35. The summed E-state index contributed by atoms with van der Waals surface area (Å²) in [7, 11) is 0. The highest BCUT2D eigenvalue weighted by atomic mass is 35.5. The Hall–Kier alpha value is -1.92. The third-order valence-corrected chi connectivity index (χ3v) is 5.77. The highest BCUT2D eigenvalue weighted by Gasteiger charge is 2.34. The molecule has 0 unspecified atom stereocenters. The van der Waals surface area contributed by atoms with Crippen LogP contribution in [0.1, 0.15) is 35.7 Å². The second-order valence-electron chi connectivity index (χ2n) is 7.08. The molecule has 1 saturated heterocycles. The van der Waals surface area contributed by atoms with Crippen LogP contribution in [-0.4, -0.2) is 19.0 Å². The molecule has 1 fully saturated rings. The summed E-state index contributed by atoms with van der Waals surface area (Å²) in [5.41, 5.74) is 5.51. The Morgan fingerprint density at radius 2 is 1.75 bits per heavy atom. The zero-order chi connectivity index (χ0) is 20.6. The molecule has 1 amide bonds. The third-order valence-electron chi connectivity index (χ3n) is 5.03. The van der Waals surface area contributed by atoms with Crippen LogP contribution in [0.2, 0.25) is 10.0 Å². The molecule has 2 aromatic rings. The molecule has 0 aromatic heterocycles. The molecule has 0 atom stereocenters. The van der Waals surface area contributed by atoms with Crippen LogP contribution in [0.25, 0.3) is 11.1 Å². The fraction of sp³-hybridized carbons (Fsp3) is 0.350. The van der Waals surface area contributed by atoms with Gasteiger partial charge in [0.25, 0.3) is 5.91 Å². The number of carbonyl (C=O) groups is 1. The lowest BCUT2D eigenvalue weighted by Gasteiger charge is -2.35. The van der Waals surface area contributed by atoms with Crippen LogP contribution < -0.4 is 10.6 Å². The summed E-state index contributed by atoms with van der Waals surface area (Å²) in [4.78, 5) is 14.0. The Morgan fingerprint density at radius 3 is 2.29 bits per heavy atom. The molecule has 28 heavy (non-hydrogen) atoms. The Bertz CT molecular complexity index is 907. The first kappa shape index (κ1) is 20.8. The van der Waals surface area contributed by atoms with Crippen molar-refractivity contribution in [1.29, 1.82) is 0 Å². The Morgan fingerprint density at radius 1 is 1.11 bits per heavy atom. The molecular formula is C20H19Cl2F3N2O. The second kappa shape index (κ2) is 7.84. The number of carbonyl (C=O) groups excluding carboxylic acids is 1. The Labute approximate surface area is 171 Å². The summed E-state index contributed by atoms with van der Waals surface area (Å²) in [6.45, 7) is 3.38. The zero-order valence-electron chi connectivity index (χ0n) is 15.1. The number of nitrogens with two attached hydrogens (primary N) is 1. The maximum absolute atomic E-state index is 13.5. The molecule has 1 heterocycles. The van der Waals surface area contributed by atoms with Gasteiger partial charge in [0.05, 0.1) is 26.9 Å². The van der Waals surface area contributed by atoms with Crippen molar-refractivity contribution in [3.63, 3.8) is 0 Å². The van der Waals surface area contributed by atoms with E-state index in [1.165, 1.54) is 12.1 Å². The fourth-order valence-corrected chi connectivity index (χ4v) is 3.74. The zero-order valence-corrected chi connectivity index (χ0v) is 16.6. The molecule has 3 nitrogen and oxygen atoms in total. The predicted octanol–water partition coefficient (Wildman–Crippen LogP) is 6.01. The van der Waals surface area contributed by atoms with Crippen LogP contribution >= 0.6 is 23.2 Å². The van der Waals surface area contributed by atoms with Gasteiger partial charge >= 0.3 is 6.18 Å². The van der Waals surface area contributed by atoms with E-state index in [-0.39, 0.29) is 16.1 Å². The van der Waals surface area contributed by atoms with E-state index in [0.29, 0.717) is 35.3 Å². The first-order valence-electron chi connectivity index (χ1n) is 8.83. The average molecular weight is 431 g/mol. The summed E-state index contributed by atoms with van der Waals surface area (Å²) in [6.07, 6.45) is -2.87. The fourth-order valence-electron chi connectivity index (χ4n) is 3.44.